The third-order valence-corrected chi connectivity index (χ3v) is 3.82. The maximum atomic E-state index is 11.9. The molecule has 0 atom stereocenters. The predicted octanol–water partition coefficient (Wildman–Crippen LogP) is 4.16. The number of benzene rings is 2. The zero-order chi connectivity index (χ0) is 17.7. The molecule has 0 aromatic heterocycles. The number of halogens is 2. The molecule has 2 rings (SSSR count). The molecular formula is C17H14Cl2N2O3. The highest BCUT2D eigenvalue weighted by atomic mass is 35.5. The number of hydrogen-bond donors (Lipinski definition) is 2. The Morgan fingerprint density at radius 3 is 2.08 bits per heavy atom. The second kappa shape index (κ2) is 7.95. The van der Waals surface area contributed by atoms with Gasteiger partial charge in [0.15, 0.2) is 5.78 Å². The van der Waals surface area contributed by atoms with E-state index in [0.717, 1.165) is 0 Å². The molecule has 124 valence electrons. The average Bonchev–Trinajstić information content (AvgIpc) is 2.51. The van der Waals surface area contributed by atoms with E-state index in [2.05, 4.69) is 10.6 Å². The van der Waals surface area contributed by atoms with Crippen molar-refractivity contribution in [3.8, 4) is 0 Å². The van der Waals surface area contributed by atoms with Crippen LogP contribution < -0.4 is 10.6 Å². The average molecular weight is 365 g/mol. The summed E-state index contributed by atoms with van der Waals surface area (Å²) in [4.78, 5) is 35.1. The molecule has 0 radical (unpaired) electrons. The zero-order valence-corrected chi connectivity index (χ0v) is 14.2. The summed E-state index contributed by atoms with van der Waals surface area (Å²) in [5, 5.41) is 5.81. The normalized spacial score (nSPS) is 10.1. The molecule has 7 heteroatoms. The molecule has 0 spiro atoms. The molecule has 2 aromatic carbocycles. The molecule has 0 aliphatic carbocycles. The first kappa shape index (κ1) is 18.0. The van der Waals surface area contributed by atoms with Gasteiger partial charge in [0, 0.05) is 16.9 Å². The number of hydrogen-bond acceptors (Lipinski definition) is 3. The predicted molar refractivity (Wildman–Crippen MR) is 94.8 cm³/mol. The Bertz CT molecular complexity index is 806. The van der Waals surface area contributed by atoms with Crippen LogP contribution >= 0.6 is 23.2 Å². The van der Waals surface area contributed by atoms with Crippen LogP contribution in [0.3, 0.4) is 0 Å². The van der Waals surface area contributed by atoms with Crippen molar-refractivity contribution in [1.29, 1.82) is 0 Å². The fourth-order valence-electron chi connectivity index (χ4n) is 1.95. The molecule has 0 saturated heterocycles. The Morgan fingerprint density at radius 1 is 0.875 bits per heavy atom. The van der Waals surface area contributed by atoms with Crippen LogP contribution in [0.2, 0.25) is 10.0 Å². The maximum Gasteiger partial charge on any atom is 0.233 e. The van der Waals surface area contributed by atoms with Gasteiger partial charge in [0.1, 0.15) is 6.42 Å². The Morgan fingerprint density at radius 2 is 1.50 bits per heavy atom. The molecule has 2 amide bonds. The molecule has 24 heavy (non-hydrogen) atoms. The van der Waals surface area contributed by atoms with Gasteiger partial charge in [-0.2, -0.15) is 0 Å². The summed E-state index contributed by atoms with van der Waals surface area (Å²) in [6.07, 6.45) is -0.370. The van der Waals surface area contributed by atoms with Gasteiger partial charge in [0.2, 0.25) is 11.8 Å². The maximum absolute atomic E-state index is 11.9. The largest absolute Gasteiger partial charge is 0.326 e. The van der Waals surface area contributed by atoms with Gasteiger partial charge in [-0.05, 0) is 37.3 Å². The molecule has 0 fully saturated rings. The van der Waals surface area contributed by atoms with Gasteiger partial charge in [0.05, 0.1) is 10.0 Å². The Hall–Kier alpha value is -2.37. The first-order chi connectivity index (χ1) is 11.3. The van der Waals surface area contributed by atoms with Gasteiger partial charge in [-0.3, -0.25) is 14.4 Å². The van der Waals surface area contributed by atoms with Gasteiger partial charge in [0.25, 0.3) is 0 Å². The van der Waals surface area contributed by atoms with E-state index in [1.54, 1.807) is 36.4 Å². The van der Waals surface area contributed by atoms with Gasteiger partial charge in [-0.15, -0.1) is 0 Å². The highest BCUT2D eigenvalue weighted by Crippen LogP contribution is 2.25. The number of Topliss-reactive ketones (excluding diaryl/α,β-unsaturated/α-hetero) is 1. The fraction of sp³-hybridized carbons (Fsp3) is 0.118. The van der Waals surface area contributed by atoms with E-state index in [-0.39, 0.29) is 12.2 Å². The van der Waals surface area contributed by atoms with Crippen LogP contribution in [0.5, 0.6) is 0 Å². The van der Waals surface area contributed by atoms with Crippen LogP contribution in [0.25, 0.3) is 0 Å². The molecule has 0 aliphatic rings. The molecule has 0 heterocycles. The van der Waals surface area contributed by atoms with E-state index in [4.69, 9.17) is 23.2 Å². The van der Waals surface area contributed by atoms with Crippen molar-refractivity contribution in [3.05, 3.63) is 58.1 Å². The van der Waals surface area contributed by atoms with Crippen LogP contribution in [0.4, 0.5) is 11.4 Å². The minimum Gasteiger partial charge on any atom is -0.326 e. The molecule has 0 bridgehead atoms. The SMILES string of the molecule is CC(=O)c1cccc(NC(=O)CC(=O)Nc2ccc(Cl)c(Cl)c2)c1. The van der Waals surface area contributed by atoms with Crippen LogP contribution in [-0.2, 0) is 9.59 Å². The lowest BCUT2D eigenvalue weighted by Crippen LogP contribution is -2.21. The summed E-state index contributed by atoms with van der Waals surface area (Å²) in [6, 6.07) is 11.1. The Kier molecular flexibility index (Phi) is 5.95. The van der Waals surface area contributed by atoms with Crippen LogP contribution in [-0.4, -0.2) is 17.6 Å². The van der Waals surface area contributed by atoms with Crippen molar-refractivity contribution in [3.63, 3.8) is 0 Å². The zero-order valence-electron chi connectivity index (χ0n) is 12.7. The molecule has 2 aromatic rings. The number of carbonyl (C=O) groups excluding carboxylic acids is 3. The first-order valence-electron chi connectivity index (χ1n) is 7.01. The molecule has 0 unspecified atom stereocenters. The number of anilines is 2. The standard InChI is InChI=1S/C17H14Cl2N2O3/c1-10(22)11-3-2-4-12(7-11)20-16(23)9-17(24)21-13-5-6-14(18)15(19)8-13/h2-8H,9H2,1H3,(H,20,23)(H,21,24). The summed E-state index contributed by atoms with van der Waals surface area (Å²) in [5.74, 6) is -1.09. The fourth-order valence-corrected chi connectivity index (χ4v) is 2.24. The van der Waals surface area contributed by atoms with Crippen molar-refractivity contribution in [2.24, 2.45) is 0 Å². The summed E-state index contributed by atoms with van der Waals surface area (Å²) < 4.78 is 0. The summed E-state index contributed by atoms with van der Waals surface area (Å²) in [7, 11) is 0. The Labute approximate surface area is 149 Å². The second-order valence-corrected chi connectivity index (χ2v) is 5.85. The first-order valence-corrected chi connectivity index (χ1v) is 7.76. The van der Waals surface area contributed by atoms with Crippen molar-refractivity contribution in [2.45, 2.75) is 13.3 Å². The number of carbonyl (C=O) groups is 3. The van der Waals surface area contributed by atoms with E-state index in [1.807, 2.05) is 0 Å². The number of amides is 2. The van der Waals surface area contributed by atoms with Gasteiger partial charge < -0.3 is 10.6 Å². The summed E-state index contributed by atoms with van der Waals surface area (Å²) in [5.41, 5.74) is 1.38. The van der Waals surface area contributed by atoms with E-state index in [9.17, 15) is 14.4 Å². The van der Waals surface area contributed by atoms with Crippen molar-refractivity contribution >= 4 is 52.2 Å². The molecule has 5 nitrogen and oxygen atoms in total. The summed E-state index contributed by atoms with van der Waals surface area (Å²) >= 11 is 11.7. The minimum atomic E-state index is -0.492. The number of ketones is 1. The van der Waals surface area contributed by atoms with E-state index in [1.165, 1.54) is 13.0 Å². The Balaban J connectivity index is 1.94. The van der Waals surface area contributed by atoms with Crippen LogP contribution in [0, 0.1) is 0 Å². The van der Waals surface area contributed by atoms with E-state index in [0.29, 0.717) is 27.0 Å². The van der Waals surface area contributed by atoms with Gasteiger partial charge in [-0.1, -0.05) is 35.3 Å². The highest BCUT2D eigenvalue weighted by Gasteiger charge is 2.11. The number of rotatable bonds is 5. The smallest absolute Gasteiger partial charge is 0.233 e. The van der Waals surface area contributed by atoms with Gasteiger partial charge in [-0.25, -0.2) is 0 Å². The third-order valence-electron chi connectivity index (χ3n) is 3.08. The summed E-state index contributed by atoms with van der Waals surface area (Å²) in [6.45, 7) is 1.44. The quantitative estimate of drug-likeness (QED) is 0.617. The highest BCUT2D eigenvalue weighted by molar-refractivity contribution is 6.42. The second-order valence-electron chi connectivity index (χ2n) is 5.04. The van der Waals surface area contributed by atoms with E-state index >= 15 is 0 Å². The lowest BCUT2D eigenvalue weighted by atomic mass is 10.1. The minimum absolute atomic E-state index is 0.108. The van der Waals surface area contributed by atoms with Crippen molar-refractivity contribution in [2.75, 3.05) is 10.6 Å². The molecule has 2 N–H and O–H groups in total. The number of nitrogens with one attached hydrogen (secondary N) is 2. The third kappa shape index (κ3) is 5.08. The lowest BCUT2D eigenvalue weighted by Gasteiger charge is -2.08. The van der Waals surface area contributed by atoms with Crippen LogP contribution in [0.1, 0.15) is 23.7 Å². The van der Waals surface area contributed by atoms with Crippen molar-refractivity contribution < 1.29 is 14.4 Å². The van der Waals surface area contributed by atoms with Crippen molar-refractivity contribution in [1.82, 2.24) is 0 Å². The van der Waals surface area contributed by atoms with E-state index < -0.39 is 11.8 Å². The molecule has 0 aliphatic heterocycles. The van der Waals surface area contributed by atoms with Crippen LogP contribution in [0.15, 0.2) is 42.5 Å². The monoisotopic (exact) mass is 364 g/mol. The molecular weight excluding hydrogens is 351 g/mol. The van der Waals surface area contributed by atoms with Gasteiger partial charge >= 0.3 is 0 Å². The molecule has 0 saturated carbocycles. The lowest BCUT2D eigenvalue weighted by molar-refractivity contribution is -0.123. The topological polar surface area (TPSA) is 75.3 Å².